The van der Waals surface area contributed by atoms with E-state index in [2.05, 4.69) is 4.90 Å². The quantitative estimate of drug-likeness (QED) is 0.834. The molecule has 0 spiro atoms. The van der Waals surface area contributed by atoms with Crippen LogP contribution in [-0.2, 0) is 11.3 Å². The summed E-state index contributed by atoms with van der Waals surface area (Å²) >= 11 is 5.81. The molecule has 1 aromatic carbocycles. The SMILES string of the molecule is O=C1CCCC1C1CCCCN1Cc1ccc(Cl)cc1F. The second-order valence-electron chi connectivity index (χ2n) is 6.23. The standard InChI is InChI=1S/C17H21ClFNO/c18-13-8-7-12(15(19)10-13)11-20-9-2-1-5-16(20)14-4-3-6-17(14)21/h7-8,10,14,16H,1-6,9,11H2. The van der Waals surface area contributed by atoms with Crippen LogP contribution in [0.2, 0.25) is 5.02 Å². The molecule has 0 radical (unpaired) electrons. The molecule has 2 unspecified atom stereocenters. The van der Waals surface area contributed by atoms with Gasteiger partial charge in [0.05, 0.1) is 0 Å². The monoisotopic (exact) mass is 309 g/mol. The van der Waals surface area contributed by atoms with Gasteiger partial charge in [-0.25, -0.2) is 4.39 Å². The zero-order valence-corrected chi connectivity index (χ0v) is 12.9. The van der Waals surface area contributed by atoms with Crippen LogP contribution >= 0.6 is 11.6 Å². The second-order valence-corrected chi connectivity index (χ2v) is 6.67. The van der Waals surface area contributed by atoms with Crippen LogP contribution in [0.25, 0.3) is 0 Å². The van der Waals surface area contributed by atoms with Gasteiger partial charge in [0, 0.05) is 35.5 Å². The number of hydrogen-bond acceptors (Lipinski definition) is 2. The van der Waals surface area contributed by atoms with Crippen molar-refractivity contribution in [3.05, 3.63) is 34.6 Å². The Balaban J connectivity index is 1.76. The van der Waals surface area contributed by atoms with Crippen molar-refractivity contribution in [2.45, 2.75) is 51.1 Å². The van der Waals surface area contributed by atoms with Crippen molar-refractivity contribution in [2.75, 3.05) is 6.54 Å². The fraction of sp³-hybridized carbons (Fsp3) is 0.588. The molecule has 1 aliphatic carbocycles. The summed E-state index contributed by atoms with van der Waals surface area (Å²) in [5.41, 5.74) is 0.678. The maximum atomic E-state index is 14.0. The molecule has 21 heavy (non-hydrogen) atoms. The Bertz CT molecular complexity index is 534. The molecule has 2 atom stereocenters. The predicted molar refractivity (Wildman–Crippen MR) is 81.8 cm³/mol. The smallest absolute Gasteiger partial charge is 0.137 e. The third-order valence-corrected chi connectivity index (χ3v) is 5.10. The van der Waals surface area contributed by atoms with Gasteiger partial charge in [-0.15, -0.1) is 0 Å². The zero-order valence-electron chi connectivity index (χ0n) is 12.2. The zero-order chi connectivity index (χ0) is 14.8. The Morgan fingerprint density at radius 1 is 1.24 bits per heavy atom. The normalized spacial score (nSPS) is 27.2. The Kier molecular flexibility index (Phi) is 4.60. The van der Waals surface area contributed by atoms with Crippen LogP contribution in [0.15, 0.2) is 18.2 Å². The average Bonchev–Trinajstić information content (AvgIpc) is 2.89. The number of nitrogens with zero attached hydrogens (tertiary/aromatic N) is 1. The summed E-state index contributed by atoms with van der Waals surface area (Å²) in [6.45, 7) is 1.54. The molecule has 3 rings (SSSR count). The molecule has 1 saturated carbocycles. The summed E-state index contributed by atoms with van der Waals surface area (Å²) in [7, 11) is 0. The molecule has 1 heterocycles. The van der Waals surface area contributed by atoms with Crippen LogP contribution in [0, 0.1) is 11.7 Å². The molecule has 2 fully saturated rings. The maximum Gasteiger partial charge on any atom is 0.137 e. The van der Waals surface area contributed by atoms with Crippen LogP contribution in [0.4, 0.5) is 4.39 Å². The van der Waals surface area contributed by atoms with E-state index in [9.17, 15) is 9.18 Å². The van der Waals surface area contributed by atoms with Crippen LogP contribution in [0.1, 0.15) is 44.1 Å². The van der Waals surface area contributed by atoms with Gasteiger partial charge in [0.2, 0.25) is 0 Å². The number of benzene rings is 1. The average molecular weight is 310 g/mol. The van der Waals surface area contributed by atoms with Gasteiger partial charge in [0.15, 0.2) is 0 Å². The Hall–Kier alpha value is -0.930. The number of ketones is 1. The highest BCUT2D eigenvalue weighted by molar-refractivity contribution is 6.30. The minimum atomic E-state index is -0.246. The van der Waals surface area contributed by atoms with Crippen LogP contribution in [-0.4, -0.2) is 23.3 Å². The van der Waals surface area contributed by atoms with Gasteiger partial charge in [-0.2, -0.15) is 0 Å². The molecule has 2 aliphatic rings. The number of hydrogen-bond donors (Lipinski definition) is 0. The number of Topliss-reactive ketones (excluding diaryl/α,β-unsaturated/α-hetero) is 1. The first-order valence-corrected chi connectivity index (χ1v) is 8.23. The number of halogens is 2. The molecular formula is C17H21ClFNO. The molecular weight excluding hydrogens is 289 g/mol. The van der Waals surface area contributed by atoms with Gasteiger partial charge in [-0.05, 0) is 44.4 Å². The van der Waals surface area contributed by atoms with Gasteiger partial charge in [0.1, 0.15) is 11.6 Å². The summed E-state index contributed by atoms with van der Waals surface area (Å²) in [6, 6.07) is 5.17. The van der Waals surface area contributed by atoms with Gasteiger partial charge in [0.25, 0.3) is 0 Å². The molecule has 1 aromatic rings. The minimum Gasteiger partial charge on any atom is -0.299 e. The van der Waals surface area contributed by atoms with Crippen molar-refractivity contribution in [3.8, 4) is 0 Å². The molecule has 0 aromatic heterocycles. The first-order chi connectivity index (χ1) is 10.1. The van der Waals surface area contributed by atoms with Gasteiger partial charge < -0.3 is 0 Å². The fourth-order valence-corrected chi connectivity index (χ4v) is 3.95. The molecule has 1 aliphatic heterocycles. The van der Waals surface area contributed by atoms with E-state index >= 15 is 0 Å². The molecule has 0 N–H and O–H groups in total. The van der Waals surface area contributed by atoms with Gasteiger partial charge in [-0.3, -0.25) is 9.69 Å². The number of piperidine rings is 1. The van der Waals surface area contributed by atoms with Crippen molar-refractivity contribution in [1.29, 1.82) is 0 Å². The van der Waals surface area contributed by atoms with Crippen LogP contribution in [0.5, 0.6) is 0 Å². The molecule has 4 heteroatoms. The van der Waals surface area contributed by atoms with Crippen molar-refractivity contribution in [3.63, 3.8) is 0 Å². The lowest BCUT2D eigenvalue weighted by Crippen LogP contribution is -2.45. The van der Waals surface area contributed by atoms with E-state index in [1.807, 2.05) is 0 Å². The third kappa shape index (κ3) is 3.29. The number of carbonyl (C=O) groups excluding carboxylic acids is 1. The minimum absolute atomic E-state index is 0.167. The highest BCUT2D eigenvalue weighted by Crippen LogP contribution is 2.33. The topological polar surface area (TPSA) is 20.3 Å². The fourth-order valence-electron chi connectivity index (χ4n) is 3.79. The first-order valence-electron chi connectivity index (χ1n) is 7.86. The lowest BCUT2D eigenvalue weighted by Gasteiger charge is -2.38. The van der Waals surface area contributed by atoms with E-state index in [0.717, 1.165) is 38.6 Å². The van der Waals surface area contributed by atoms with Gasteiger partial charge >= 0.3 is 0 Å². The van der Waals surface area contributed by atoms with E-state index in [4.69, 9.17) is 11.6 Å². The number of likely N-dealkylation sites (tertiary alicyclic amines) is 1. The van der Waals surface area contributed by atoms with E-state index in [1.54, 1.807) is 12.1 Å². The molecule has 0 bridgehead atoms. The first kappa shape index (κ1) is 15.0. The van der Waals surface area contributed by atoms with Crippen LogP contribution in [0.3, 0.4) is 0 Å². The summed E-state index contributed by atoms with van der Waals surface area (Å²) in [5, 5.41) is 0.428. The Morgan fingerprint density at radius 2 is 2.10 bits per heavy atom. The van der Waals surface area contributed by atoms with E-state index in [-0.39, 0.29) is 11.7 Å². The Labute approximate surface area is 130 Å². The predicted octanol–water partition coefficient (Wildman–Crippen LogP) is 4.20. The summed E-state index contributed by atoms with van der Waals surface area (Å²) in [6.07, 6.45) is 6.11. The van der Waals surface area contributed by atoms with E-state index < -0.39 is 0 Å². The van der Waals surface area contributed by atoms with Crippen molar-refractivity contribution in [2.24, 2.45) is 5.92 Å². The molecule has 0 amide bonds. The van der Waals surface area contributed by atoms with Gasteiger partial charge in [-0.1, -0.05) is 24.1 Å². The van der Waals surface area contributed by atoms with E-state index in [1.165, 1.54) is 12.5 Å². The lowest BCUT2D eigenvalue weighted by atomic mass is 9.88. The summed E-state index contributed by atoms with van der Waals surface area (Å²) in [5.74, 6) is 0.328. The summed E-state index contributed by atoms with van der Waals surface area (Å²) < 4.78 is 14.0. The molecule has 2 nitrogen and oxygen atoms in total. The maximum absolute atomic E-state index is 14.0. The molecule has 1 saturated heterocycles. The number of carbonyl (C=O) groups is 1. The highest BCUT2D eigenvalue weighted by Gasteiger charge is 2.36. The molecule has 114 valence electrons. The highest BCUT2D eigenvalue weighted by atomic mass is 35.5. The number of rotatable bonds is 3. The third-order valence-electron chi connectivity index (χ3n) is 4.87. The summed E-state index contributed by atoms with van der Waals surface area (Å²) in [4.78, 5) is 14.4. The van der Waals surface area contributed by atoms with Crippen molar-refractivity contribution < 1.29 is 9.18 Å². The Morgan fingerprint density at radius 3 is 2.81 bits per heavy atom. The van der Waals surface area contributed by atoms with Crippen molar-refractivity contribution >= 4 is 17.4 Å². The second kappa shape index (κ2) is 6.45. The largest absolute Gasteiger partial charge is 0.299 e. The van der Waals surface area contributed by atoms with E-state index in [0.29, 0.717) is 29.0 Å². The van der Waals surface area contributed by atoms with Crippen molar-refractivity contribution in [1.82, 2.24) is 4.90 Å². The lowest BCUT2D eigenvalue weighted by molar-refractivity contribution is -0.123. The van der Waals surface area contributed by atoms with Crippen LogP contribution < -0.4 is 0 Å².